The molecule has 1 heterocycles. The Balaban J connectivity index is 1.63. The lowest BCUT2D eigenvalue weighted by Gasteiger charge is -2.22. The van der Waals surface area contributed by atoms with E-state index in [-0.39, 0.29) is 18.4 Å². The molecule has 0 unspecified atom stereocenters. The molecule has 1 atom stereocenters. The molecule has 2 aromatic carbocycles. The lowest BCUT2D eigenvalue weighted by Crippen LogP contribution is -2.49. The molecule has 34 heavy (non-hydrogen) atoms. The summed E-state index contributed by atoms with van der Waals surface area (Å²) in [5, 5.41) is 7.90. The zero-order chi connectivity index (χ0) is 24.7. The number of halogens is 2. The Kier molecular flexibility index (Phi) is 8.02. The molecular formula is C25H24F2N4O3. The third kappa shape index (κ3) is 6.22. The normalized spacial score (nSPS) is 11.6. The van der Waals surface area contributed by atoms with Crippen LogP contribution in [0.5, 0.6) is 0 Å². The predicted octanol–water partition coefficient (Wildman–Crippen LogP) is 3.68. The second kappa shape index (κ2) is 11.1. The maximum absolute atomic E-state index is 13.9. The van der Waals surface area contributed by atoms with Crippen molar-refractivity contribution in [3.05, 3.63) is 95.3 Å². The quantitative estimate of drug-likeness (QED) is 0.472. The fourth-order valence-electron chi connectivity index (χ4n) is 3.23. The van der Waals surface area contributed by atoms with Gasteiger partial charge in [-0.05, 0) is 47.9 Å². The van der Waals surface area contributed by atoms with Crippen molar-refractivity contribution in [2.24, 2.45) is 5.92 Å². The van der Waals surface area contributed by atoms with Crippen LogP contribution in [0.2, 0.25) is 0 Å². The van der Waals surface area contributed by atoms with Crippen molar-refractivity contribution < 1.29 is 23.2 Å². The average Bonchev–Trinajstić information content (AvgIpc) is 2.81. The van der Waals surface area contributed by atoms with E-state index < -0.39 is 35.1 Å². The van der Waals surface area contributed by atoms with Crippen LogP contribution in [0.1, 0.15) is 40.1 Å². The van der Waals surface area contributed by atoms with Crippen molar-refractivity contribution in [2.75, 3.05) is 5.32 Å². The number of carbonyl (C=O) groups excluding carboxylic acids is 3. The Hall–Kier alpha value is -4.14. The van der Waals surface area contributed by atoms with Gasteiger partial charge in [0.25, 0.3) is 11.8 Å². The van der Waals surface area contributed by atoms with Gasteiger partial charge >= 0.3 is 0 Å². The number of rotatable bonds is 8. The summed E-state index contributed by atoms with van der Waals surface area (Å²) in [6.45, 7) is 3.53. The van der Waals surface area contributed by atoms with E-state index in [1.807, 2.05) is 0 Å². The van der Waals surface area contributed by atoms with Crippen molar-refractivity contribution in [2.45, 2.75) is 26.4 Å². The molecule has 0 fully saturated rings. The van der Waals surface area contributed by atoms with E-state index in [0.717, 1.165) is 18.2 Å². The summed E-state index contributed by atoms with van der Waals surface area (Å²) in [6, 6.07) is 12.2. The third-order valence-electron chi connectivity index (χ3n) is 5.02. The number of hydrogen-bond donors (Lipinski definition) is 3. The van der Waals surface area contributed by atoms with Crippen LogP contribution in [0.4, 0.5) is 14.5 Å². The van der Waals surface area contributed by atoms with Crippen molar-refractivity contribution in [3.63, 3.8) is 0 Å². The lowest BCUT2D eigenvalue weighted by molar-refractivity contribution is -0.124. The first-order valence-electron chi connectivity index (χ1n) is 10.6. The van der Waals surface area contributed by atoms with Gasteiger partial charge in [0.05, 0.1) is 0 Å². The molecule has 0 bridgehead atoms. The molecule has 176 valence electrons. The van der Waals surface area contributed by atoms with Gasteiger partial charge in [-0.2, -0.15) is 0 Å². The van der Waals surface area contributed by atoms with E-state index in [1.165, 1.54) is 12.4 Å². The van der Waals surface area contributed by atoms with Crippen LogP contribution in [0.3, 0.4) is 0 Å². The maximum atomic E-state index is 13.9. The molecule has 0 radical (unpaired) electrons. The van der Waals surface area contributed by atoms with Gasteiger partial charge in [-0.3, -0.25) is 19.4 Å². The minimum atomic E-state index is -1.01. The largest absolute Gasteiger partial charge is 0.350 e. The molecule has 0 aliphatic heterocycles. The van der Waals surface area contributed by atoms with Crippen LogP contribution in [0.15, 0.2) is 67.0 Å². The number of amides is 3. The SMILES string of the molecule is CC(C)[C@H](NC(=O)c1c(F)cccc1F)C(=O)NCc1cccc(NC(=O)c2ccncc2)c1. The van der Waals surface area contributed by atoms with Crippen LogP contribution in [0.25, 0.3) is 0 Å². The van der Waals surface area contributed by atoms with Gasteiger partial charge < -0.3 is 16.0 Å². The van der Waals surface area contributed by atoms with Gasteiger partial charge in [0.1, 0.15) is 23.2 Å². The highest BCUT2D eigenvalue weighted by Gasteiger charge is 2.27. The number of hydrogen-bond acceptors (Lipinski definition) is 4. The molecule has 9 heteroatoms. The van der Waals surface area contributed by atoms with Crippen molar-refractivity contribution in [1.29, 1.82) is 0 Å². The summed E-state index contributed by atoms with van der Waals surface area (Å²) in [4.78, 5) is 41.4. The molecule has 0 saturated heterocycles. The predicted molar refractivity (Wildman–Crippen MR) is 123 cm³/mol. The fourth-order valence-corrected chi connectivity index (χ4v) is 3.23. The topological polar surface area (TPSA) is 100 Å². The van der Waals surface area contributed by atoms with E-state index >= 15 is 0 Å². The Morgan fingerprint density at radius 3 is 2.21 bits per heavy atom. The number of pyridine rings is 1. The van der Waals surface area contributed by atoms with E-state index in [0.29, 0.717) is 16.8 Å². The average molecular weight is 466 g/mol. The maximum Gasteiger partial charge on any atom is 0.257 e. The van der Waals surface area contributed by atoms with Gasteiger partial charge in [-0.15, -0.1) is 0 Å². The van der Waals surface area contributed by atoms with Gasteiger partial charge in [-0.1, -0.05) is 32.0 Å². The van der Waals surface area contributed by atoms with E-state index in [4.69, 9.17) is 0 Å². The van der Waals surface area contributed by atoms with E-state index in [2.05, 4.69) is 20.9 Å². The zero-order valence-electron chi connectivity index (χ0n) is 18.6. The number of nitrogens with one attached hydrogen (secondary N) is 3. The van der Waals surface area contributed by atoms with Gasteiger partial charge in [0, 0.05) is 30.2 Å². The molecule has 0 saturated carbocycles. The first-order chi connectivity index (χ1) is 16.3. The van der Waals surface area contributed by atoms with E-state index in [1.54, 1.807) is 50.2 Å². The van der Waals surface area contributed by atoms with Gasteiger partial charge in [-0.25, -0.2) is 8.78 Å². The van der Waals surface area contributed by atoms with Crippen LogP contribution >= 0.6 is 0 Å². The first kappa shape index (κ1) is 24.5. The van der Waals surface area contributed by atoms with Crippen molar-refractivity contribution in [3.8, 4) is 0 Å². The minimum absolute atomic E-state index is 0.116. The summed E-state index contributed by atoms with van der Waals surface area (Å²) >= 11 is 0. The third-order valence-corrected chi connectivity index (χ3v) is 5.02. The number of anilines is 1. The van der Waals surface area contributed by atoms with Crippen LogP contribution < -0.4 is 16.0 Å². The Morgan fingerprint density at radius 2 is 1.56 bits per heavy atom. The molecule has 3 amide bonds. The van der Waals surface area contributed by atoms with Crippen LogP contribution in [-0.4, -0.2) is 28.7 Å². The summed E-state index contributed by atoms with van der Waals surface area (Å²) in [7, 11) is 0. The highest BCUT2D eigenvalue weighted by molar-refractivity contribution is 6.04. The zero-order valence-corrected chi connectivity index (χ0v) is 18.6. The standard InChI is InChI=1S/C25H24F2N4O3/c1-15(2)22(31-24(33)21-19(26)7-4-8-20(21)27)25(34)29-14-16-5-3-6-18(13-16)30-23(32)17-9-11-28-12-10-17/h3-13,15,22H,14H2,1-2H3,(H,29,34)(H,30,32)(H,31,33)/t22-/m0/s1. The molecule has 0 spiro atoms. The lowest BCUT2D eigenvalue weighted by atomic mass is 10.0. The number of nitrogens with zero attached hydrogens (tertiary/aromatic N) is 1. The molecule has 3 N–H and O–H groups in total. The van der Waals surface area contributed by atoms with Crippen LogP contribution in [0, 0.1) is 17.6 Å². The Bertz CT molecular complexity index is 1170. The summed E-state index contributed by atoms with van der Waals surface area (Å²) < 4.78 is 27.9. The fraction of sp³-hybridized carbons (Fsp3) is 0.200. The highest BCUT2D eigenvalue weighted by Crippen LogP contribution is 2.15. The number of aromatic nitrogens is 1. The van der Waals surface area contributed by atoms with Gasteiger partial charge in [0.2, 0.25) is 5.91 Å². The minimum Gasteiger partial charge on any atom is -0.350 e. The molecular weight excluding hydrogens is 442 g/mol. The molecule has 3 aromatic rings. The summed E-state index contributed by atoms with van der Waals surface area (Å²) in [5.74, 6) is -4.18. The Labute approximate surface area is 195 Å². The van der Waals surface area contributed by atoms with Crippen molar-refractivity contribution in [1.82, 2.24) is 15.6 Å². The second-order valence-electron chi connectivity index (χ2n) is 7.90. The molecule has 7 nitrogen and oxygen atoms in total. The van der Waals surface area contributed by atoms with E-state index in [9.17, 15) is 23.2 Å². The summed E-state index contributed by atoms with van der Waals surface area (Å²) in [5.41, 5.74) is 0.960. The number of benzene rings is 2. The summed E-state index contributed by atoms with van der Waals surface area (Å²) in [6.07, 6.45) is 3.04. The number of carbonyl (C=O) groups is 3. The molecule has 3 rings (SSSR count). The first-order valence-corrected chi connectivity index (χ1v) is 10.6. The molecule has 1 aromatic heterocycles. The van der Waals surface area contributed by atoms with Gasteiger partial charge in [0.15, 0.2) is 0 Å². The Morgan fingerprint density at radius 1 is 0.912 bits per heavy atom. The monoisotopic (exact) mass is 466 g/mol. The molecule has 0 aliphatic rings. The second-order valence-corrected chi connectivity index (χ2v) is 7.90. The van der Waals surface area contributed by atoms with Crippen LogP contribution in [-0.2, 0) is 11.3 Å². The van der Waals surface area contributed by atoms with Crippen molar-refractivity contribution >= 4 is 23.4 Å². The molecule has 0 aliphatic carbocycles. The highest BCUT2D eigenvalue weighted by atomic mass is 19.1. The smallest absolute Gasteiger partial charge is 0.257 e.